The lowest BCUT2D eigenvalue weighted by Gasteiger charge is -2.04. The first-order chi connectivity index (χ1) is 8.90. The molecule has 0 aliphatic carbocycles. The molecule has 1 radical (unpaired) electrons. The first-order valence-electron chi connectivity index (χ1n) is 4.38. The molecule has 0 aromatic carbocycles. The van der Waals surface area contributed by atoms with Crippen LogP contribution in [0.15, 0.2) is 4.47 Å². The number of aromatic nitrogens is 4. The van der Waals surface area contributed by atoms with E-state index in [-0.39, 0.29) is 10.2 Å². The summed E-state index contributed by atoms with van der Waals surface area (Å²) in [6.07, 6.45) is -0.362. The molecular weight excluding hydrogens is 351 g/mol. The Hall–Kier alpha value is -1.81. The van der Waals surface area contributed by atoms with E-state index in [9.17, 15) is 18.9 Å². The molecule has 0 saturated carbocycles. The van der Waals surface area contributed by atoms with Crippen LogP contribution in [-0.4, -0.2) is 24.9 Å². The lowest BCUT2D eigenvalue weighted by molar-refractivity contribution is -0.384. The molecule has 19 heavy (non-hydrogen) atoms. The van der Waals surface area contributed by atoms with Gasteiger partial charge in [0.25, 0.3) is 0 Å². The summed E-state index contributed by atoms with van der Waals surface area (Å²) in [7, 11) is 0. The van der Waals surface area contributed by atoms with Crippen LogP contribution in [-0.2, 0) is 0 Å². The van der Waals surface area contributed by atoms with Gasteiger partial charge in [0, 0.05) is 0 Å². The van der Waals surface area contributed by atoms with Gasteiger partial charge < -0.3 is 0 Å². The van der Waals surface area contributed by atoms with Crippen LogP contribution in [0.3, 0.4) is 0 Å². The highest BCUT2D eigenvalue weighted by molar-refractivity contribution is 9.10. The topological polar surface area (TPSA) is 94.7 Å². The Balaban J connectivity index is 2.81. The average molecular weight is 351 g/mol. The predicted molar refractivity (Wildman–Crippen MR) is 61.2 cm³/mol. The van der Waals surface area contributed by atoms with Gasteiger partial charge in [-0.05, 0) is 15.9 Å². The number of hydrogen-bond acceptors (Lipinski definition) is 6. The SMILES string of the molecule is O=[N+]([O-])c1c(Cl)nc(F)nc1-c1nc(F)n[c]c1Br. The second-order valence-corrected chi connectivity index (χ2v) is 4.16. The number of halogens is 4. The van der Waals surface area contributed by atoms with Gasteiger partial charge in [-0.3, -0.25) is 10.1 Å². The third-order valence-corrected chi connectivity index (χ3v) is 2.70. The lowest BCUT2D eigenvalue weighted by Crippen LogP contribution is -2.04. The van der Waals surface area contributed by atoms with Gasteiger partial charge in [0.1, 0.15) is 11.9 Å². The van der Waals surface area contributed by atoms with Gasteiger partial charge in [-0.2, -0.15) is 28.7 Å². The maximum absolute atomic E-state index is 13.1. The van der Waals surface area contributed by atoms with Crippen LogP contribution < -0.4 is 0 Å². The van der Waals surface area contributed by atoms with E-state index in [1.54, 1.807) is 0 Å². The van der Waals surface area contributed by atoms with Crippen molar-refractivity contribution in [1.29, 1.82) is 0 Å². The van der Waals surface area contributed by atoms with E-state index in [4.69, 9.17) is 11.6 Å². The van der Waals surface area contributed by atoms with Gasteiger partial charge >= 0.3 is 17.8 Å². The number of nitro groups is 1. The summed E-state index contributed by atoms with van der Waals surface area (Å²) in [5.41, 5.74) is -1.73. The maximum Gasteiger partial charge on any atom is 0.334 e. The van der Waals surface area contributed by atoms with E-state index in [0.29, 0.717) is 0 Å². The second kappa shape index (κ2) is 5.05. The molecule has 0 amide bonds. The predicted octanol–water partition coefficient (Wildman–Crippen LogP) is 2.34. The minimum atomic E-state index is -1.31. The first kappa shape index (κ1) is 13.6. The van der Waals surface area contributed by atoms with Crippen LogP contribution in [0.2, 0.25) is 5.15 Å². The molecule has 2 aromatic heterocycles. The van der Waals surface area contributed by atoms with Crippen LogP contribution in [0.1, 0.15) is 0 Å². The van der Waals surface area contributed by atoms with E-state index in [1.165, 1.54) is 0 Å². The number of rotatable bonds is 2. The molecular formula is C8BrClF2N5O2. The van der Waals surface area contributed by atoms with Gasteiger partial charge in [0.2, 0.25) is 5.15 Å². The van der Waals surface area contributed by atoms with Crippen molar-refractivity contribution in [1.82, 2.24) is 19.9 Å². The van der Waals surface area contributed by atoms with Crippen molar-refractivity contribution < 1.29 is 13.7 Å². The fourth-order valence-corrected chi connectivity index (χ4v) is 1.79. The van der Waals surface area contributed by atoms with Gasteiger partial charge in [-0.15, -0.1) is 0 Å². The summed E-state index contributed by atoms with van der Waals surface area (Å²) < 4.78 is 26.0. The van der Waals surface area contributed by atoms with Crippen molar-refractivity contribution in [2.24, 2.45) is 0 Å². The van der Waals surface area contributed by atoms with Crippen LogP contribution >= 0.6 is 27.5 Å². The maximum atomic E-state index is 13.1. The minimum Gasteiger partial charge on any atom is -0.258 e. The molecule has 7 nitrogen and oxygen atoms in total. The van der Waals surface area contributed by atoms with Crippen LogP contribution in [0.4, 0.5) is 14.5 Å². The minimum absolute atomic E-state index is 0.0360. The monoisotopic (exact) mass is 350 g/mol. The Morgan fingerprint density at radius 2 is 1.84 bits per heavy atom. The van der Waals surface area contributed by atoms with E-state index in [2.05, 4.69) is 42.1 Å². The molecule has 0 unspecified atom stereocenters. The van der Waals surface area contributed by atoms with Crippen molar-refractivity contribution in [2.75, 3.05) is 0 Å². The molecule has 2 aromatic rings. The first-order valence-corrected chi connectivity index (χ1v) is 5.55. The Morgan fingerprint density at radius 3 is 2.47 bits per heavy atom. The van der Waals surface area contributed by atoms with Crippen LogP contribution in [0, 0.1) is 28.5 Å². The second-order valence-electron chi connectivity index (χ2n) is 3.00. The Labute approximate surface area is 117 Å². The summed E-state index contributed by atoms with van der Waals surface area (Å²) in [4.78, 5) is 22.6. The summed E-state index contributed by atoms with van der Waals surface area (Å²) in [5, 5.41) is 10.2. The van der Waals surface area contributed by atoms with Gasteiger partial charge in [-0.25, -0.2) is 0 Å². The normalized spacial score (nSPS) is 10.5. The molecule has 0 fully saturated rings. The van der Waals surface area contributed by atoms with Gasteiger partial charge in [0.05, 0.1) is 9.40 Å². The Kier molecular flexibility index (Phi) is 3.62. The van der Waals surface area contributed by atoms with Crippen molar-refractivity contribution >= 4 is 33.2 Å². The zero-order valence-corrected chi connectivity index (χ0v) is 10.9. The standard InChI is InChI=1S/C8BrClF2N5O2/c9-2-1-13-7(11)14-3(2)4-5(17(18)19)6(10)16-8(12)15-4. The molecule has 97 valence electrons. The quantitative estimate of drug-likeness (QED) is 0.357. The smallest absolute Gasteiger partial charge is 0.258 e. The average Bonchev–Trinajstić information content (AvgIpc) is 2.30. The van der Waals surface area contributed by atoms with Gasteiger partial charge in [-0.1, -0.05) is 11.6 Å². The fourth-order valence-electron chi connectivity index (χ4n) is 1.20. The molecule has 0 saturated heterocycles. The zero-order valence-electron chi connectivity index (χ0n) is 8.56. The summed E-state index contributed by atoms with van der Waals surface area (Å²) in [5.74, 6) is 0. The molecule has 0 atom stereocenters. The van der Waals surface area contributed by atoms with Crippen molar-refractivity contribution in [2.45, 2.75) is 0 Å². The molecule has 0 spiro atoms. The molecule has 2 rings (SSSR count). The summed E-state index contributed by atoms with van der Waals surface area (Å²) >= 11 is 8.38. The molecule has 11 heteroatoms. The Morgan fingerprint density at radius 1 is 1.21 bits per heavy atom. The third kappa shape index (κ3) is 2.63. The highest BCUT2D eigenvalue weighted by Gasteiger charge is 2.27. The number of hydrogen-bond donors (Lipinski definition) is 0. The van der Waals surface area contributed by atoms with Crippen molar-refractivity contribution in [3.8, 4) is 11.4 Å². The molecule has 0 aliphatic rings. The van der Waals surface area contributed by atoms with Crippen molar-refractivity contribution in [3.63, 3.8) is 0 Å². The highest BCUT2D eigenvalue weighted by Crippen LogP contribution is 2.34. The van der Waals surface area contributed by atoms with Crippen LogP contribution in [0.25, 0.3) is 11.4 Å². The molecule has 0 bridgehead atoms. The molecule has 0 aliphatic heterocycles. The lowest BCUT2D eigenvalue weighted by atomic mass is 10.2. The fraction of sp³-hybridized carbons (Fsp3) is 0. The number of nitrogens with zero attached hydrogens (tertiary/aromatic N) is 5. The third-order valence-electron chi connectivity index (χ3n) is 1.88. The van der Waals surface area contributed by atoms with E-state index < -0.39 is 33.6 Å². The summed E-state index contributed by atoms with van der Waals surface area (Å²) in [6.45, 7) is 0. The molecule has 0 N–H and O–H groups in total. The molecule has 2 heterocycles. The Bertz CT molecular complexity index is 686. The van der Waals surface area contributed by atoms with E-state index >= 15 is 0 Å². The van der Waals surface area contributed by atoms with Gasteiger partial charge in [0.15, 0.2) is 5.69 Å². The van der Waals surface area contributed by atoms with Crippen LogP contribution in [0.5, 0.6) is 0 Å². The van der Waals surface area contributed by atoms with Crippen molar-refractivity contribution in [3.05, 3.63) is 38.1 Å². The van der Waals surface area contributed by atoms with E-state index in [0.717, 1.165) is 0 Å². The van der Waals surface area contributed by atoms with E-state index in [1.807, 2.05) is 0 Å². The highest BCUT2D eigenvalue weighted by atomic mass is 79.9. The largest absolute Gasteiger partial charge is 0.334 e. The zero-order chi connectivity index (χ0) is 14.2. The summed E-state index contributed by atoms with van der Waals surface area (Å²) in [6, 6.07) is 0.